The van der Waals surface area contributed by atoms with Crippen molar-refractivity contribution in [3.05, 3.63) is 29.6 Å². The van der Waals surface area contributed by atoms with Crippen LogP contribution in [0.1, 0.15) is 52.9 Å². The van der Waals surface area contributed by atoms with E-state index in [9.17, 15) is 4.79 Å². The number of hydrogen-bond donors (Lipinski definition) is 3. The molecular weight excluding hydrogens is 330 g/mol. The molecule has 1 aromatic heterocycles. The Morgan fingerprint density at radius 1 is 1.19 bits per heavy atom. The highest BCUT2D eigenvalue weighted by Crippen LogP contribution is 2.09. The van der Waals surface area contributed by atoms with E-state index in [1.165, 1.54) is 0 Å². The van der Waals surface area contributed by atoms with Crippen molar-refractivity contribution >= 4 is 12.1 Å². The summed E-state index contributed by atoms with van der Waals surface area (Å²) >= 11 is 0. The maximum absolute atomic E-state index is 12.0. The first-order chi connectivity index (χ1) is 12.0. The van der Waals surface area contributed by atoms with Gasteiger partial charge in [0, 0.05) is 18.8 Å². The lowest BCUT2D eigenvalue weighted by molar-refractivity contribution is 0.0474. The number of amides is 1. The number of carbonyl (C=O) groups is 1. The highest BCUT2D eigenvalue weighted by molar-refractivity contribution is 5.80. The zero-order valence-electron chi connectivity index (χ0n) is 17.1. The van der Waals surface area contributed by atoms with Crippen molar-refractivity contribution in [1.82, 2.24) is 20.9 Å². The molecule has 0 spiro atoms. The molecule has 0 atom stereocenters. The number of rotatable bonds is 6. The van der Waals surface area contributed by atoms with Gasteiger partial charge in [0.1, 0.15) is 5.60 Å². The Balaban J connectivity index is 2.63. The minimum absolute atomic E-state index is 0.435. The number of nitrogens with one attached hydrogen (secondary N) is 3. The van der Waals surface area contributed by atoms with Crippen molar-refractivity contribution < 1.29 is 9.53 Å². The van der Waals surface area contributed by atoms with Gasteiger partial charge in [-0.2, -0.15) is 0 Å². The summed E-state index contributed by atoms with van der Waals surface area (Å²) in [6.45, 7) is 15.1. The number of pyridine rings is 1. The molecule has 1 amide bonds. The number of hydrogen-bond acceptors (Lipinski definition) is 4. The summed E-state index contributed by atoms with van der Waals surface area (Å²) in [6, 6.07) is 5.89. The normalized spacial score (nSPS) is 12.5. The molecule has 0 aliphatic heterocycles. The summed E-state index contributed by atoms with van der Waals surface area (Å²) < 4.78 is 5.31. The van der Waals surface area contributed by atoms with Gasteiger partial charge in [-0.1, -0.05) is 6.07 Å². The van der Waals surface area contributed by atoms with Gasteiger partial charge in [0.15, 0.2) is 5.96 Å². The second kappa shape index (κ2) is 9.40. The Morgan fingerprint density at radius 2 is 1.88 bits per heavy atom. The van der Waals surface area contributed by atoms with E-state index in [4.69, 9.17) is 4.74 Å². The number of aromatic nitrogens is 1. The van der Waals surface area contributed by atoms with Gasteiger partial charge in [-0.25, -0.2) is 9.79 Å². The quantitative estimate of drug-likeness (QED) is 0.534. The third-order valence-corrected chi connectivity index (χ3v) is 3.23. The molecule has 7 heteroatoms. The van der Waals surface area contributed by atoms with E-state index in [2.05, 4.69) is 25.9 Å². The monoisotopic (exact) mass is 363 g/mol. The number of aliphatic imine (C=N–C) groups is 1. The maximum Gasteiger partial charge on any atom is 0.408 e. The van der Waals surface area contributed by atoms with Gasteiger partial charge in [0.05, 0.1) is 17.8 Å². The molecule has 0 saturated heterocycles. The zero-order chi connectivity index (χ0) is 19.8. The summed E-state index contributed by atoms with van der Waals surface area (Å²) in [5.41, 5.74) is 0.858. The van der Waals surface area contributed by atoms with Gasteiger partial charge in [-0.3, -0.25) is 4.98 Å². The first-order valence-electron chi connectivity index (χ1n) is 8.96. The highest BCUT2D eigenvalue weighted by atomic mass is 16.6. The van der Waals surface area contributed by atoms with E-state index in [1.54, 1.807) is 0 Å². The third-order valence-electron chi connectivity index (χ3n) is 3.23. The lowest BCUT2D eigenvalue weighted by Gasteiger charge is -2.29. The SMILES string of the molecule is CCNC(=NCc1cccc(C)n1)NCC(C)(C)NC(=O)OC(C)(C)C. The smallest absolute Gasteiger partial charge is 0.408 e. The fraction of sp³-hybridized carbons (Fsp3) is 0.632. The lowest BCUT2D eigenvalue weighted by Crippen LogP contribution is -2.54. The van der Waals surface area contributed by atoms with Crippen LogP contribution < -0.4 is 16.0 Å². The summed E-state index contributed by atoms with van der Waals surface area (Å²) in [6.07, 6.45) is -0.435. The van der Waals surface area contributed by atoms with Crippen LogP contribution in [0.15, 0.2) is 23.2 Å². The first-order valence-corrected chi connectivity index (χ1v) is 8.96. The molecule has 0 radical (unpaired) electrons. The van der Waals surface area contributed by atoms with E-state index in [-0.39, 0.29) is 0 Å². The van der Waals surface area contributed by atoms with Crippen molar-refractivity contribution in [2.24, 2.45) is 4.99 Å². The van der Waals surface area contributed by atoms with Crippen LogP contribution in [0.4, 0.5) is 4.79 Å². The molecule has 1 aromatic rings. The summed E-state index contributed by atoms with van der Waals surface area (Å²) in [5, 5.41) is 9.33. The molecule has 0 aliphatic carbocycles. The fourth-order valence-corrected chi connectivity index (χ4v) is 2.12. The van der Waals surface area contributed by atoms with Gasteiger partial charge in [0.2, 0.25) is 0 Å². The van der Waals surface area contributed by atoms with Crippen LogP contribution in [-0.4, -0.2) is 41.3 Å². The maximum atomic E-state index is 12.0. The molecular formula is C19H33N5O2. The molecule has 0 bridgehead atoms. The van der Waals surface area contributed by atoms with Crippen LogP contribution in [0.5, 0.6) is 0 Å². The lowest BCUT2D eigenvalue weighted by atomic mass is 10.1. The number of alkyl carbamates (subject to hydrolysis) is 1. The van der Waals surface area contributed by atoms with Crippen LogP contribution in [0.2, 0.25) is 0 Å². The summed E-state index contributed by atoms with van der Waals surface area (Å²) in [4.78, 5) is 21.0. The Labute approximate surface area is 157 Å². The summed E-state index contributed by atoms with van der Waals surface area (Å²) in [5.74, 6) is 0.676. The first kappa shape index (κ1) is 21.7. The average molecular weight is 364 g/mol. The molecule has 3 N–H and O–H groups in total. The predicted molar refractivity (Wildman–Crippen MR) is 105 cm³/mol. The molecule has 0 saturated carbocycles. The van der Waals surface area contributed by atoms with Gasteiger partial charge in [-0.15, -0.1) is 0 Å². The predicted octanol–water partition coefficient (Wildman–Crippen LogP) is 2.75. The molecule has 1 heterocycles. The van der Waals surface area contributed by atoms with Gasteiger partial charge in [0.25, 0.3) is 0 Å². The number of carbonyl (C=O) groups excluding carboxylic acids is 1. The second-order valence-corrected chi connectivity index (χ2v) is 7.83. The van der Waals surface area contributed by atoms with E-state index in [0.717, 1.165) is 17.9 Å². The van der Waals surface area contributed by atoms with Crippen molar-refractivity contribution in [3.63, 3.8) is 0 Å². The number of ether oxygens (including phenoxy) is 1. The Bertz CT molecular complexity index is 621. The van der Waals surface area contributed by atoms with Crippen molar-refractivity contribution in [2.75, 3.05) is 13.1 Å². The van der Waals surface area contributed by atoms with Crippen molar-refractivity contribution in [2.45, 2.75) is 66.2 Å². The fourth-order valence-electron chi connectivity index (χ4n) is 2.12. The molecule has 0 aliphatic rings. The van der Waals surface area contributed by atoms with Crippen molar-refractivity contribution in [1.29, 1.82) is 0 Å². The molecule has 7 nitrogen and oxygen atoms in total. The molecule has 0 fully saturated rings. The molecule has 1 rings (SSSR count). The Kier molecular flexibility index (Phi) is 7.86. The largest absolute Gasteiger partial charge is 0.444 e. The number of guanidine groups is 1. The van der Waals surface area contributed by atoms with E-state index < -0.39 is 17.2 Å². The molecule has 146 valence electrons. The van der Waals surface area contributed by atoms with Crippen LogP contribution in [-0.2, 0) is 11.3 Å². The van der Waals surface area contributed by atoms with E-state index in [0.29, 0.717) is 19.0 Å². The minimum atomic E-state index is -0.523. The minimum Gasteiger partial charge on any atom is -0.444 e. The van der Waals surface area contributed by atoms with Gasteiger partial charge >= 0.3 is 6.09 Å². The van der Waals surface area contributed by atoms with Gasteiger partial charge < -0.3 is 20.7 Å². The highest BCUT2D eigenvalue weighted by Gasteiger charge is 2.24. The van der Waals surface area contributed by atoms with E-state index in [1.807, 2.05) is 66.7 Å². The van der Waals surface area contributed by atoms with Crippen LogP contribution in [0.25, 0.3) is 0 Å². The van der Waals surface area contributed by atoms with Gasteiger partial charge in [-0.05, 0) is 60.6 Å². The van der Waals surface area contributed by atoms with E-state index >= 15 is 0 Å². The van der Waals surface area contributed by atoms with Crippen molar-refractivity contribution in [3.8, 4) is 0 Å². The van der Waals surface area contributed by atoms with Crippen LogP contribution in [0, 0.1) is 6.92 Å². The zero-order valence-corrected chi connectivity index (χ0v) is 17.1. The second-order valence-electron chi connectivity index (χ2n) is 7.83. The number of nitrogens with zero attached hydrogens (tertiary/aromatic N) is 2. The Morgan fingerprint density at radius 3 is 2.46 bits per heavy atom. The van der Waals surface area contributed by atoms with Crippen LogP contribution in [0.3, 0.4) is 0 Å². The number of aryl methyl sites for hydroxylation is 1. The standard InChI is InChI=1S/C19H33N5O2/c1-8-20-16(21-12-15-11-9-10-14(2)23-15)22-13-19(6,7)24-17(25)26-18(3,4)5/h9-11H,8,12-13H2,1-7H3,(H,24,25)(H2,20,21,22). The van der Waals surface area contributed by atoms with Crippen LogP contribution >= 0.6 is 0 Å². The molecule has 0 aromatic carbocycles. The molecule has 0 unspecified atom stereocenters. The Hall–Kier alpha value is -2.31. The average Bonchev–Trinajstić information content (AvgIpc) is 2.47. The topological polar surface area (TPSA) is 87.6 Å². The summed E-state index contributed by atoms with van der Waals surface area (Å²) in [7, 11) is 0. The molecule has 26 heavy (non-hydrogen) atoms. The third kappa shape index (κ3) is 9.25.